The summed E-state index contributed by atoms with van der Waals surface area (Å²) in [4.78, 5) is 26.8. The fourth-order valence-electron chi connectivity index (χ4n) is 4.11. The van der Waals surface area contributed by atoms with Gasteiger partial charge in [0.15, 0.2) is 0 Å². The number of alkyl halides is 3. The molecule has 2 aliphatic rings. The molecule has 0 N–H and O–H groups in total. The molecular formula is C23H29F3N2O3. The van der Waals surface area contributed by atoms with Gasteiger partial charge in [0.05, 0.1) is 6.04 Å². The largest absolute Gasteiger partial charge is 0.471 e. The first kappa shape index (κ1) is 23.2. The third kappa shape index (κ3) is 5.80. The number of likely N-dealkylation sites (tertiary alicyclic amines) is 2. The maximum Gasteiger partial charge on any atom is 0.471 e. The second-order valence-corrected chi connectivity index (χ2v) is 9.05. The van der Waals surface area contributed by atoms with Gasteiger partial charge < -0.3 is 14.5 Å². The minimum atomic E-state index is -4.87. The number of carbonyl (C=O) groups excluding carboxylic acids is 2. The number of nitrogens with zero attached hydrogens (tertiary/aromatic N) is 2. The zero-order valence-electron chi connectivity index (χ0n) is 18.2. The summed E-state index contributed by atoms with van der Waals surface area (Å²) in [5, 5.41) is 0. The number of benzene rings is 1. The van der Waals surface area contributed by atoms with Crippen LogP contribution >= 0.6 is 0 Å². The highest BCUT2D eigenvalue weighted by Gasteiger charge is 2.46. The lowest BCUT2D eigenvalue weighted by molar-refractivity contribution is -0.186. The van der Waals surface area contributed by atoms with E-state index < -0.39 is 23.7 Å². The van der Waals surface area contributed by atoms with E-state index in [1.165, 1.54) is 0 Å². The monoisotopic (exact) mass is 438 g/mol. The molecule has 170 valence electrons. The van der Waals surface area contributed by atoms with E-state index in [1.54, 1.807) is 17.0 Å². The van der Waals surface area contributed by atoms with Crippen LogP contribution in [0.25, 0.3) is 6.08 Å². The fourth-order valence-corrected chi connectivity index (χ4v) is 4.11. The highest BCUT2D eigenvalue weighted by Crippen LogP contribution is 2.37. The number of hydrogen-bond donors (Lipinski definition) is 0. The predicted octanol–water partition coefficient (Wildman–Crippen LogP) is 5.33. The smallest absolute Gasteiger partial charge is 0.444 e. The van der Waals surface area contributed by atoms with E-state index in [9.17, 15) is 22.8 Å². The summed E-state index contributed by atoms with van der Waals surface area (Å²) >= 11 is 0. The molecule has 2 heterocycles. The first-order valence-electron chi connectivity index (χ1n) is 10.6. The molecule has 5 nitrogen and oxygen atoms in total. The van der Waals surface area contributed by atoms with Gasteiger partial charge >= 0.3 is 18.2 Å². The molecule has 1 atom stereocenters. The Balaban J connectivity index is 1.74. The molecule has 2 amide bonds. The molecule has 3 rings (SSSR count). The van der Waals surface area contributed by atoms with Gasteiger partial charge in [-0.1, -0.05) is 35.9 Å². The van der Waals surface area contributed by atoms with E-state index in [0.29, 0.717) is 38.8 Å². The SMILES string of the molecule is CC(C)(C)OC(=O)N1CCC(=Cc2ccccc2C2CCCN2C(=O)C(F)(F)F)CC1. The summed E-state index contributed by atoms with van der Waals surface area (Å²) in [7, 11) is 0. The van der Waals surface area contributed by atoms with Crippen LogP contribution in [0.15, 0.2) is 29.8 Å². The second-order valence-electron chi connectivity index (χ2n) is 9.05. The minimum absolute atomic E-state index is 0.110. The van der Waals surface area contributed by atoms with Crippen molar-refractivity contribution < 1.29 is 27.5 Å². The molecule has 0 bridgehead atoms. The quantitative estimate of drug-likeness (QED) is 0.627. The van der Waals surface area contributed by atoms with Gasteiger partial charge in [-0.15, -0.1) is 0 Å². The third-order valence-corrected chi connectivity index (χ3v) is 5.53. The van der Waals surface area contributed by atoms with Crippen molar-refractivity contribution in [2.45, 2.75) is 64.3 Å². The van der Waals surface area contributed by atoms with Crippen molar-refractivity contribution in [2.24, 2.45) is 0 Å². The lowest BCUT2D eigenvalue weighted by Crippen LogP contribution is -2.40. The molecule has 0 spiro atoms. The van der Waals surface area contributed by atoms with Crippen LogP contribution in [-0.2, 0) is 9.53 Å². The molecule has 1 aromatic carbocycles. The molecule has 1 aromatic rings. The molecule has 0 aromatic heterocycles. The van der Waals surface area contributed by atoms with Crippen LogP contribution in [0, 0.1) is 0 Å². The normalized spacial score (nSPS) is 20.1. The molecule has 0 saturated carbocycles. The summed E-state index contributed by atoms with van der Waals surface area (Å²) in [5.74, 6) is -1.77. The van der Waals surface area contributed by atoms with Gasteiger partial charge in [0.25, 0.3) is 0 Å². The van der Waals surface area contributed by atoms with Gasteiger partial charge in [-0.25, -0.2) is 4.79 Å². The zero-order valence-corrected chi connectivity index (χ0v) is 18.2. The van der Waals surface area contributed by atoms with Crippen LogP contribution in [0.2, 0.25) is 0 Å². The molecule has 8 heteroatoms. The van der Waals surface area contributed by atoms with Crippen molar-refractivity contribution in [2.75, 3.05) is 19.6 Å². The number of piperidine rings is 1. The Hall–Kier alpha value is -2.51. The molecule has 0 aliphatic carbocycles. The Morgan fingerprint density at radius 2 is 1.71 bits per heavy atom. The number of ether oxygens (including phenoxy) is 1. The van der Waals surface area contributed by atoms with Gasteiger partial charge in [0, 0.05) is 19.6 Å². The number of hydrogen-bond acceptors (Lipinski definition) is 3. The lowest BCUT2D eigenvalue weighted by atomic mass is 9.94. The molecular weight excluding hydrogens is 409 g/mol. The summed E-state index contributed by atoms with van der Waals surface area (Å²) < 4.78 is 44.5. The highest BCUT2D eigenvalue weighted by molar-refractivity contribution is 5.82. The van der Waals surface area contributed by atoms with E-state index in [0.717, 1.165) is 21.6 Å². The van der Waals surface area contributed by atoms with Crippen molar-refractivity contribution >= 4 is 18.1 Å². The molecule has 2 aliphatic heterocycles. The molecule has 2 saturated heterocycles. The highest BCUT2D eigenvalue weighted by atomic mass is 19.4. The lowest BCUT2D eigenvalue weighted by Gasteiger charge is -2.31. The average Bonchev–Trinajstić information content (AvgIpc) is 3.15. The van der Waals surface area contributed by atoms with Crippen LogP contribution in [-0.4, -0.2) is 53.2 Å². The number of carbonyl (C=O) groups is 2. The average molecular weight is 438 g/mol. The van der Waals surface area contributed by atoms with Crippen molar-refractivity contribution in [1.29, 1.82) is 0 Å². The van der Waals surface area contributed by atoms with E-state index in [2.05, 4.69) is 0 Å². The van der Waals surface area contributed by atoms with Gasteiger partial charge in [0.1, 0.15) is 5.60 Å². The van der Waals surface area contributed by atoms with Crippen molar-refractivity contribution in [3.05, 3.63) is 41.0 Å². The van der Waals surface area contributed by atoms with Gasteiger partial charge in [-0.3, -0.25) is 4.79 Å². The standard InChI is InChI=1S/C23H29F3N2O3/c1-22(2,3)31-21(30)27-13-10-16(11-14-27)15-17-7-4-5-8-18(17)19-9-6-12-28(19)20(29)23(24,25)26/h4-5,7-8,15,19H,6,9-14H2,1-3H3. The van der Waals surface area contributed by atoms with Crippen molar-refractivity contribution in [3.63, 3.8) is 0 Å². The second kappa shape index (κ2) is 8.93. The summed E-state index contributed by atoms with van der Waals surface area (Å²) in [6.07, 6.45) is -0.816. The molecule has 2 fully saturated rings. The van der Waals surface area contributed by atoms with Gasteiger partial charge in [-0.05, 0) is 57.6 Å². The van der Waals surface area contributed by atoms with E-state index in [1.807, 2.05) is 39.0 Å². The maximum absolute atomic E-state index is 13.0. The Labute approximate surface area is 180 Å². The predicted molar refractivity (Wildman–Crippen MR) is 111 cm³/mol. The number of halogens is 3. The number of rotatable bonds is 2. The number of amides is 2. The van der Waals surface area contributed by atoms with Crippen LogP contribution in [0.3, 0.4) is 0 Å². The van der Waals surface area contributed by atoms with E-state index in [4.69, 9.17) is 4.74 Å². The minimum Gasteiger partial charge on any atom is -0.444 e. The van der Waals surface area contributed by atoms with Crippen LogP contribution in [0.1, 0.15) is 63.6 Å². The summed E-state index contributed by atoms with van der Waals surface area (Å²) in [6.45, 7) is 6.65. The third-order valence-electron chi connectivity index (χ3n) is 5.53. The van der Waals surface area contributed by atoms with Crippen LogP contribution in [0.5, 0.6) is 0 Å². The molecule has 31 heavy (non-hydrogen) atoms. The van der Waals surface area contributed by atoms with E-state index >= 15 is 0 Å². The Bertz CT molecular complexity index is 848. The molecule has 1 unspecified atom stereocenters. The first-order chi connectivity index (χ1) is 14.5. The first-order valence-corrected chi connectivity index (χ1v) is 10.6. The van der Waals surface area contributed by atoms with Gasteiger partial charge in [0.2, 0.25) is 0 Å². The summed E-state index contributed by atoms with van der Waals surface area (Å²) in [6, 6.07) is 6.73. The van der Waals surface area contributed by atoms with Crippen LogP contribution in [0.4, 0.5) is 18.0 Å². The zero-order chi connectivity index (χ0) is 22.8. The Kier molecular flexibility index (Phi) is 6.67. The maximum atomic E-state index is 13.0. The van der Waals surface area contributed by atoms with E-state index in [-0.39, 0.29) is 12.6 Å². The van der Waals surface area contributed by atoms with Crippen LogP contribution < -0.4 is 0 Å². The Morgan fingerprint density at radius 1 is 1.06 bits per heavy atom. The van der Waals surface area contributed by atoms with Crippen molar-refractivity contribution in [3.8, 4) is 0 Å². The van der Waals surface area contributed by atoms with Gasteiger partial charge in [-0.2, -0.15) is 13.2 Å². The summed E-state index contributed by atoms with van der Waals surface area (Å²) in [5.41, 5.74) is 2.14. The topological polar surface area (TPSA) is 49.9 Å². The van der Waals surface area contributed by atoms with Crippen molar-refractivity contribution in [1.82, 2.24) is 9.80 Å². The fraction of sp³-hybridized carbons (Fsp3) is 0.565. The Morgan fingerprint density at radius 3 is 2.32 bits per heavy atom. The molecule has 0 radical (unpaired) electrons.